The lowest BCUT2D eigenvalue weighted by Crippen LogP contribution is -2.05. The van der Waals surface area contributed by atoms with E-state index in [0.29, 0.717) is 12.3 Å². The molecule has 6 nitrogen and oxygen atoms in total. The summed E-state index contributed by atoms with van der Waals surface area (Å²) in [6.45, 7) is 4.55. The number of carboxylic acids is 1. The second kappa shape index (κ2) is 7.25. The SMILES string of the molecule is CCOc1cc2c(cc1/C=N\Nc1ccc(C(=O)O)cc1)O[C@H](C)C2. The number of carboxylic acid groups (broad SMARTS) is 1. The summed E-state index contributed by atoms with van der Waals surface area (Å²) in [5, 5.41) is 13.1. The molecule has 0 amide bonds. The first-order chi connectivity index (χ1) is 12.1. The molecule has 130 valence electrons. The minimum absolute atomic E-state index is 0.169. The molecule has 1 aliphatic rings. The van der Waals surface area contributed by atoms with Crippen LogP contribution in [0.2, 0.25) is 0 Å². The highest BCUT2D eigenvalue weighted by Gasteiger charge is 2.21. The summed E-state index contributed by atoms with van der Waals surface area (Å²) in [5.74, 6) is 0.678. The molecular formula is C19H20N2O4. The number of hydrogen-bond donors (Lipinski definition) is 2. The van der Waals surface area contributed by atoms with E-state index in [2.05, 4.69) is 10.5 Å². The first-order valence-corrected chi connectivity index (χ1v) is 8.15. The van der Waals surface area contributed by atoms with E-state index in [0.717, 1.165) is 29.0 Å². The summed E-state index contributed by atoms with van der Waals surface area (Å²) in [6, 6.07) is 10.3. The number of nitrogens with zero attached hydrogens (tertiary/aromatic N) is 1. The third kappa shape index (κ3) is 3.91. The lowest BCUT2D eigenvalue weighted by molar-refractivity contribution is 0.0697. The van der Waals surface area contributed by atoms with Gasteiger partial charge in [-0.1, -0.05) is 0 Å². The summed E-state index contributed by atoms with van der Waals surface area (Å²) in [5.41, 5.74) is 5.79. The molecule has 0 spiro atoms. The Morgan fingerprint density at radius 1 is 1.40 bits per heavy atom. The van der Waals surface area contributed by atoms with Gasteiger partial charge < -0.3 is 14.6 Å². The van der Waals surface area contributed by atoms with Crippen LogP contribution in [0.5, 0.6) is 11.5 Å². The van der Waals surface area contributed by atoms with Crippen LogP contribution in [-0.2, 0) is 6.42 Å². The number of hydrazone groups is 1. The Morgan fingerprint density at radius 2 is 2.16 bits per heavy atom. The van der Waals surface area contributed by atoms with Crippen molar-refractivity contribution in [3.8, 4) is 11.5 Å². The fraction of sp³-hybridized carbons (Fsp3) is 0.263. The average Bonchev–Trinajstić information content (AvgIpc) is 2.94. The molecule has 25 heavy (non-hydrogen) atoms. The highest BCUT2D eigenvalue weighted by molar-refractivity contribution is 5.88. The topological polar surface area (TPSA) is 80.2 Å². The van der Waals surface area contributed by atoms with E-state index in [1.165, 1.54) is 12.1 Å². The molecule has 1 atom stereocenters. The zero-order chi connectivity index (χ0) is 17.8. The smallest absolute Gasteiger partial charge is 0.335 e. The lowest BCUT2D eigenvalue weighted by Gasteiger charge is -2.09. The summed E-state index contributed by atoms with van der Waals surface area (Å²) in [7, 11) is 0. The molecule has 0 bridgehead atoms. The molecule has 0 radical (unpaired) electrons. The van der Waals surface area contributed by atoms with Crippen LogP contribution < -0.4 is 14.9 Å². The average molecular weight is 340 g/mol. The van der Waals surface area contributed by atoms with Gasteiger partial charge in [-0.25, -0.2) is 4.79 Å². The van der Waals surface area contributed by atoms with Gasteiger partial charge in [0.2, 0.25) is 0 Å². The van der Waals surface area contributed by atoms with Crippen LogP contribution >= 0.6 is 0 Å². The zero-order valence-electron chi connectivity index (χ0n) is 14.2. The number of fused-ring (bicyclic) bond motifs is 1. The molecule has 2 N–H and O–H groups in total. The largest absolute Gasteiger partial charge is 0.493 e. The Morgan fingerprint density at radius 3 is 2.84 bits per heavy atom. The maximum Gasteiger partial charge on any atom is 0.335 e. The van der Waals surface area contributed by atoms with Gasteiger partial charge >= 0.3 is 5.97 Å². The van der Waals surface area contributed by atoms with Gasteiger partial charge in [-0.15, -0.1) is 0 Å². The molecule has 0 aliphatic carbocycles. The second-order valence-electron chi connectivity index (χ2n) is 5.82. The maximum absolute atomic E-state index is 10.9. The minimum atomic E-state index is -0.955. The van der Waals surface area contributed by atoms with Gasteiger partial charge in [0, 0.05) is 17.5 Å². The molecule has 1 heterocycles. The van der Waals surface area contributed by atoms with Crippen LogP contribution in [0.1, 0.15) is 35.3 Å². The van der Waals surface area contributed by atoms with Crippen molar-refractivity contribution in [2.75, 3.05) is 12.0 Å². The van der Waals surface area contributed by atoms with E-state index in [4.69, 9.17) is 14.6 Å². The molecule has 0 fully saturated rings. The highest BCUT2D eigenvalue weighted by atomic mass is 16.5. The van der Waals surface area contributed by atoms with E-state index in [1.54, 1.807) is 18.3 Å². The number of benzene rings is 2. The van der Waals surface area contributed by atoms with Gasteiger partial charge in [-0.3, -0.25) is 5.43 Å². The van der Waals surface area contributed by atoms with Crippen LogP contribution in [-0.4, -0.2) is 30.0 Å². The van der Waals surface area contributed by atoms with Crippen molar-refractivity contribution >= 4 is 17.9 Å². The van der Waals surface area contributed by atoms with Crippen molar-refractivity contribution in [1.29, 1.82) is 0 Å². The summed E-state index contributed by atoms with van der Waals surface area (Å²) < 4.78 is 11.5. The van der Waals surface area contributed by atoms with E-state index in [-0.39, 0.29) is 11.7 Å². The Kier molecular flexibility index (Phi) is 4.88. The normalized spacial score (nSPS) is 15.7. The van der Waals surface area contributed by atoms with E-state index < -0.39 is 5.97 Å². The van der Waals surface area contributed by atoms with Crippen molar-refractivity contribution in [3.63, 3.8) is 0 Å². The number of carbonyl (C=O) groups is 1. The van der Waals surface area contributed by atoms with Gasteiger partial charge in [0.25, 0.3) is 0 Å². The van der Waals surface area contributed by atoms with Crippen LogP contribution in [0, 0.1) is 0 Å². The number of anilines is 1. The molecule has 1 aliphatic heterocycles. The van der Waals surface area contributed by atoms with Gasteiger partial charge in [-0.2, -0.15) is 5.10 Å². The first kappa shape index (κ1) is 16.8. The van der Waals surface area contributed by atoms with E-state index >= 15 is 0 Å². The van der Waals surface area contributed by atoms with Crippen molar-refractivity contribution < 1.29 is 19.4 Å². The molecule has 0 unspecified atom stereocenters. The number of aromatic carboxylic acids is 1. The lowest BCUT2D eigenvalue weighted by atomic mass is 10.1. The molecule has 0 saturated carbocycles. The first-order valence-electron chi connectivity index (χ1n) is 8.15. The van der Waals surface area contributed by atoms with E-state index in [9.17, 15) is 4.79 Å². The number of ether oxygens (including phenoxy) is 2. The molecule has 6 heteroatoms. The third-order valence-electron chi connectivity index (χ3n) is 3.86. The van der Waals surface area contributed by atoms with Crippen LogP contribution in [0.25, 0.3) is 0 Å². The minimum Gasteiger partial charge on any atom is -0.493 e. The Balaban J connectivity index is 1.76. The van der Waals surface area contributed by atoms with Crippen molar-refractivity contribution in [3.05, 3.63) is 53.1 Å². The van der Waals surface area contributed by atoms with Gasteiger partial charge in [-0.05, 0) is 50.2 Å². The quantitative estimate of drug-likeness (QED) is 0.621. The molecule has 2 aromatic rings. The summed E-state index contributed by atoms with van der Waals surface area (Å²) in [6.07, 6.45) is 2.71. The van der Waals surface area contributed by atoms with E-state index in [1.807, 2.05) is 26.0 Å². The van der Waals surface area contributed by atoms with Crippen molar-refractivity contribution in [2.24, 2.45) is 5.10 Å². The van der Waals surface area contributed by atoms with Crippen LogP contribution in [0.4, 0.5) is 5.69 Å². The number of rotatable bonds is 6. The standard InChI is InChI=1S/C19H20N2O4/c1-3-24-17-9-14-8-12(2)25-18(14)10-15(17)11-20-21-16-6-4-13(5-7-16)19(22)23/h4-7,9-12,21H,3,8H2,1-2H3,(H,22,23)/b20-11-/t12-/m1/s1. The predicted octanol–water partition coefficient (Wildman–Crippen LogP) is 3.55. The van der Waals surface area contributed by atoms with Crippen molar-refractivity contribution in [2.45, 2.75) is 26.4 Å². The molecule has 3 rings (SSSR count). The predicted molar refractivity (Wildman–Crippen MR) is 96.0 cm³/mol. The fourth-order valence-electron chi connectivity index (χ4n) is 2.70. The number of hydrogen-bond acceptors (Lipinski definition) is 5. The van der Waals surface area contributed by atoms with Gasteiger partial charge in [0.05, 0.1) is 24.1 Å². The highest BCUT2D eigenvalue weighted by Crippen LogP contribution is 2.34. The fourth-order valence-corrected chi connectivity index (χ4v) is 2.70. The Labute approximate surface area is 146 Å². The maximum atomic E-state index is 10.9. The van der Waals surface area contributed by atoms with Gasteiger partial charge in [0.15, 0.2) is 0 Å². The summed E-state index contributed by atoms with van der Waals surface area (Å²) in [4.78, 5) is 10.9. The molecule has 0 saturated heterocycles. The zero-order valence-corrected chi connectivity index (χ0v) is 14.2. The molecule has 2 aromatic carbocycles. The van der Waals surface area contributed by atoms with Crippen molar-refractivity contribution in [1.82, 2.24) is 0 Å². The van der Waals surface area contributed by atoms with Crippen LogP contribution in [0.3, 0.4) is 0 Å². The molecule has 0 aromatic heterocycles. The molecular weight excluding hydrogens is 320 g/mol. The number of nitrogens with one attached hydrogen (secondary N) is 1. The second-order valence-corrected chi connectivity index (χ2v) is 5.82. The third-order valence-corrected chi connectivity index (χ3v) is 3.86. The monoisotopic (exact) mass is 340 g/mol. The summed E-state index contributed by atoms with van der Waals surface area (Å²) >= 11 is 0. The van der Waals surface area contributed by atoms with Gasteiger partial charge in [0.1, 0.15) is 17.6 Å². The van der Waals surface area contributed by atoms with Crippen LogP contribution in [0.15, 0.2) is 41.5 Å². The Bertz CT molecular complexity index is 800. The Hall–Kier alpha value is -3.02.